The van der Waals surface area contributed by atoms with Gasteiger partial charge in [0.25, 0.3) is 0 Å². The quantitative estimate of drug-likeness (QED) is 0.537. The van der Waals surface area contributed by atoms with E-state index >= 15 is 0 Å². The number of aliphatic carboxylic acids is 2. The summed E-state index contributed by atoms with van der Waals surface area (Å²) in [5, 5.41) is 17.8. The molecule has 0 spiro atoms. The molecule has 1 aliphatic rings. The van der Waals surface area contributed by atoms with Crippen LogP contribution in [0.4, 0.5) is 0 Å². The van der Waals surface area contributed by atoms with Crippen LogP contribution >= 0.6 is 0 Å². The van der Waals surface area contributed by atoms with Crippen molar-refractivity contribution in [1.82, 2.24) is 0 Å². The summed E-state index contributed by atoms with van der Waals surface area (Å²) >= 11 is 0. The van der Waals surface area contributed by atoms with Gasteiger partial charge in [-0.3, -0.25) is 0 Å². The lowest BCUT2D eigenvalue weighted by Gasteiger charge is -2.09. The van der Waals surface area contributed by atoms with Crippen molar-refractivity contribution in [2.24, 2.45) is 0 Å². The zero-order valence-electron chi connectivity index (χ0n) is 13.3. The second kappa shape index (κ2) is 10.6. The zero-order valence-corrected chi connectivity index (χ0v) is 13.3. The molecule has 0 bridgehead atoms. The van der Waals surface area contributed by atoms with E-state index in [0.29, 0.717) is 6.42 Å². The Morgan fingerprint density at radius 3 is 1.59 bits per heavy atom. The summed E-state index contributed by atoms with van der Waals surface area (Å²) in [6.45, 7) is 2.21. The van der Waals surface area contributed by atoms with Crippen LogP contribution in [0.2, 0.25) is 0 Å². The van der Waals surface area contributed by atoms with Crippen molar-refractivity contribution >= 4 is 11.9 Å². The van der Waals surface area contributed by atoms with E-state index < -0.39 is 30.4 Å². The Hall–Kier alpha value is -1.14. The molecule has 0 aliphatic carbocycles. The van der Waals surface area contributed by atoms with Gasteiger partial charge in [-0.25, -0.2) is 9.59 Å². The van der Waals surface area contributed by atoms with Crippen LogP contribution in [0.1, 0.15) is 71.1 Å². The number of carboxylic acid groups (broad SMARTS) is 2. The molecule has 128 valence electrons. The molecule has 1 aliphatic heterocycles. The maximum absolute atomic E-state index is 10.9. The molecule has 1 saturated heterocycles. The van der Waals surface area contributed by atoms with Crippen LogP contribution in [-0.2, 0) is 19.1 Å². The van der Waals surface area contributed by atoms with Gasteiger partial charge >= 0.3 is 11.9 Å². The lowest BCUT2D eigenvalue weighted by atomic mass is 10.1. The molecular weight excluding hydrogens is 288 g/mol. The highest BCUT2D eigenvalue weighted by Gasteiger charge is 2.45. The fourth-order valence-electron chi connectivity index (χ4n) is 2.63. The van der Waals surface area contributed by atoms with E-state index in [1.54, 1.807) is 0 Å². The van der Waals surface area contributed by atoms with Gasteiger partial charge in [0, 0.05) is 0 Å². The summed E-state index contributed by atoms with van der Waals surface area (Å²) in [6.07, 6.45) is 7.72. The van der Waals surface area contributed by atoms with Gasteiger partial charge in [0.1, 0.15) is 0 Å². The molecule has 22 heavy (non-hydrogen) atoms. The van der Waals surface area contributed by atoms with Gasteiger partial charge in [0.2, 0.25) is 0 Å². The third-order valence-corrected chi connectivity index (χ3v) is 3.90. The molecule has 0 saturated carbocycles. The van der Waals surface area contributed by atoms with Gasteiger partial charge in [0.05, 0.1) is 0 Å². The number of hydrogen-bond acceptors (Lipinski definition) is 4. The largest absolute Gasteiger partial charge is 0.479 e. The molecule has 2 atom stereocenters. The Morgan fingerprint density at radius 1 is 0.773 bits per heavy atom. The summed E-state index contributed by atoms with van der Waals surface area (Å²) in [7, 11) is 0. The predicted octanol–water partition coefficient (Wildman–Crippen LogP) is 3.19. The first kappa shape index (κ1) is 18.9. The van der Waals surface area contributed by atoms with E-state index in [1.807, 2.05) is 0 Å². The van der Waals surface area contributed by atoms with Gasteiger partial charge in [0.15, 0.2) is 18.5 Å². The van der Waals surface area contributed by atoms with Gasteiger partial charge in [-0.15, -0.1) is 0 Å². The number of carbonyl (C=O) groups is 2. The molecule has 1 fully saturated rings. The number of rotatable bonds is 12. The second-order valence-electron chi connectivity index (χ2n) is 5.84. The molecule has 1 heterocycles. The van der Waals surface area contributed by atoms with Crippen LogP contribution in [0, 0.1) is 0 Å². The standard InChI is InChI=1S/C16H28O6/c1-2-3-4-5-6-7-8-9-10-11-12-21-13(15(17)18)14(22-12)16(19)20/h12-14H,2-11H2,1H3,(H,17,18)(H,19,20)/t13-,14-/m1/s1. The summed E-state index contributed by atoms with van der Waals surface area (Å²) < 4.78 is 10.3. The number of ether oxygens (including phenoxy) is 2. The Balaban J connectivity index is 2.08. The monoisotopic (exact) mass is 316 g/mol. The lowest BCUT2D eigenvalue weighted by molar-refractivity contribution is -0.156. The highest BCUT2D eigenvalue weighted by molar-refractivity contribution is 5.84. The highest BCUT2D eigenvalue weighted by Crippen LogP contribution is 2.24. The first-order valence-corrected chi connectivity index (χ1v) is 8.32. The van der Waals surface area contributed by atoms with Crippen LogP contribution in [0.3, 0.4) is 0 Å². The first-order valence-electron chi connectivity index (χ1n) is 8.32. The van der Waals surface area contributed by atoms with E-state index in [2.05, 4.69) is 6.92 Å². The smallest absolute Gasteiger partial charge is 0.336 e. The van der Waals surface area contributed by atoms with Crippen molar-refractivity contribution in [3.05, 3.63) is 0 Å². The molecule has 0 radical (unpaired) electrons. The average Bonchev–Trinajstić information content (AvgIpc) is 2.90. The molecule has 0 aromatic carbocycles. The Labute approximate surface area is 131 Å². The van der Waals surface area contributed by atoms with Gasteiger partial charge in [-0.05, 0) is 12.8 Å². The third kappa shape index (κ3) is 6.75. The molecule has 0 aromatic rings. The van der Waals surface area contributed by atoms with E-state index in [0.717, 1.165) is 19.3 Å². The minimum atomic E-state index is -1.40. The Bertz CT molecular complexity index is 322. The molecule has 0 amide bonds. The van der Waals surface area contributed by atoms with E-state index in [4.69, 9.17) is 19.7 Å². The van der Waals surface area contributed by atoms with Crippen molar-refractivity contribution < 1.29 is 29.3 Å². The molecule has 0 aromatic heterocycles. The average molecular weight is 316 g/mol. The minimum absolute atomic E-state index is 0.545. The number of unbranched alkanes of at least 4 members (excludes halogenated alkanes) is 8. The summed E-state index contributed by atoms with van der Waals surface area (Å²) in [5.74, 6) is -2.58. The topological polar surface area (TPSA) is 93.1 Å². The number of hydrogen-bond donors (Lipinski definition) is 2. The Kier molecular flexibility index (Phi) is 9.08. The lowest BCUT2D eigenvalue weighted by Crippen LogP contribution is -2.36. The second-order valence-corrected chi connectivity index (χ2v) is 5.84. The van der Waals surface area contributed by atoms with E-state index in [9.17, 15) is 9.59 Å². The first-order chi connectivity index (χ1) is 10.6. The van der Waals surface area contributed by atoms with Gasteiger partial charge in [-0.1, -0.05) is 58.3 Å². The predicted molar refractivity (Wildman–Crippen MR) is 80.6 cm³/mol. The van der Waals surface area contributed by atoms with E-state index in [-0.39, 0.29) is 0 Å². The minimum Gasteiger partial charge on any atom is -0.479 e. The number of carboxylic acids is 2. The highest BCUT2D eigenvalue weighted by atomic mass is 16.7. The van der Waals surface area contributed by atoms with Gasteiger partial charge < -0.3 is 19.7 Å². The van der Waals surface area contributed by atoms with E-state index in [1.165, 1.54) is 38.5 Å². The van der Waals surface area contributed by atoms with Crippen molar-refractivity contribution in [3.63, 3.8) is 0 Å². The fourth-order valence-corrected chi connectivity index (χ4v) is 2.63. The maximum Gasteiger partial charge on any atom is 0.336 e. The third-order valence-electron chi connectivity index (χ3n) is 3.90. The van der Waals surface area contributed by atoms with Crippen LogP contribution in [0.15, 0.2) is 0 Å². The van der Waals surface area contributed by atoms with Crippen LogP contribution in [0.25, 0.3) is 0 Å². The van der Waals surface area contributed by atoms with Crippen molar-refractivity contribution in [1.29, 1.82) is 0 Å². The van der Waals surface area contributed by atoms with Gasteiger partial charge in [-0.2, -0.15) is 0 Å². The van der Waals surface area contributed by atoms with Crippen molar-refractivity contribution in [3.8, 4) is 0 Å². The summed E-state index contributed by atoms with van der Waals surface area (Å²) in [6, 6.07) is 0. The molecule has 2 N–H and O–H groups in total. The normalized spacial score (nSPS) is 22.0. The fraction of sp³-hybridized carbons (Fsp3) is 0.875. The zero-order chi connectivity index (χ0) is 16.4. The molecule has 6 heteroatoms. The summed E-state index contributed by atoms with van der Waals surface area (Å²) in [5.41, 5.74) is 0. The SMILES string of the molecule is CCCCCCCCCCCC1O[C@@H](C(=O)O)[C@H](C(=O)O)O1. The molecular formula is C16H28O6. The summed E-state index contributed by atoms with van der Waals surface area (Å²) in [4.78, 5) is 21.8. The van der Waals surface area contributed by atoms with Crippen LogP contribution in [0.5, 0.6) is 0 Å². The molecule has 1 rings (SSSR count). The Morgan fingerprint density at radius 2 is 1.18 bits per heavy atom. The maximum atomic E-state index is 10.9. The molecule has 0 unspecified atom stereocenters. The molecule has 6 nitrogen and oxygen atoms in total. The van der Waals surface area contributed by atoms with Crippen LogP contribution < -0.4 is 0 Å². The van der Waals surface area contributed by atoms with Crippen molar-refractivity contribution in [2.75, 3.05) is 0 Å². The van der Waals surface area contributed by atoms with Crippen LogP contribution in [-0.4, -0.2) is 40.6 Å². The van der Waals surface area contributed by atoms with Crippen molar-refractivity contribution in [2.45, 2.75) is 89.6 Å².